The molecule has 1 aromatic carbocycles. The van der Waals surface area contributed by atoms with E-state index in [1.165, 1.54) is 17.8 Å². The van der Waals surface area contributed by atoms with E-state index in [0.29, 0.717) is 17.9 Å². The van der Waals surface area contributed by atoms with Gasteiger partial charge >= 0.3 is 5.97 Å². The van der Waals surface area contributed by atoms with E-state index in [0.717, 1.165) is 0 Å². The monoisotopic (exact) mass is 319 g/mol. The molecule has 1 aromatic rings. The van der Waals surface area contributed by atoms with Crippen molar-refractivity contribution in [1.82, 2.24) is 5.32 Å². The Morgan fingerprint density at radius 1 is 1.37 bits per heavy atom. The Morgan fingerprint density at radius 2 is 2.11 bits per heavy atom. The van der Waals surface area contributed by atoms with Gasteiger partial charge in [-0.15, -0.1) is 0 Å². The summed E-state index contributed by atoms with van der Waals surface area (Å²) in [4.78, 5) is 23.5. The van der Waals surface area contributed by atoms with Crippen LogP contribution in [0.4, 0.5) is 0 Å². The van der Waals surface area contributed by atoms with E-state index in [9.17, 15) is 14.7 Å². The lowest BCUT2D eigenvalue weighted by Crippen LogP contribution is -2.54. The molecule has 102 valence electrons. The summed E-state index contributed by atoms with van der Waals surface area (Å²) in [6, 6.07) is 4.68. The molecule has 7 heteroatoms. The number of benzene rings is 1. The van der Waals surface area contributed by atoms with Crippen LogP contribution in [0.15, 0.2) is 18.2 Å². The van der Waals surface area contributed by atoms with Crippen LogP contribution in [0.5, 0.6) is 0 Å². The van der Waals surface area contributed by atoms with Crippen LogP contribution in [0.1, 0.15) is 16.8 Å². The predicted octanol–water partition coefficient (Wildman–Crippen LogP) is 2.68. The van der Waals surface area contributed by atoms with Crippen molar-refractivity contribution in [2.75, 3.05) is 11.5 Å². The lowest BCUT2D eigenvalue weighted by Gasteiger charge is -2.24. The van der Waals surface area contributed by atoms with Crippen LogP contribution >= 0.6 is 35.0 Å². The van der Waals surface area contributed by atoms with Gasteiger partial charge in [-0.25, -0.2) is 4.79 Å². The standard InChI is InChI=1S/C12H11Cl2NO3S/c13-8-3-1-2-7(9(8)14)10(16)15-12(11(17)18)4-5-19-6-12/h1-3H,4-6H2,(H,15,16)(H,17,18). The van der Waals surface area contributed by atoms with Crippen molar-refractivity contribution in [3.63, 3.8) is 0 Å². The highest BCUT2D eigenvalue weighted by molar-refractivity contribution is 7.99. The summed E-state index contributed by atoms with van der Waals surface area (Å²) < 4.78 is 0. The average Bonchev–Trinajstić information content (AvgIpc) is 2.82. The van der Waals surface area contributed by atoms with Gasteiger partial charge in [-0.3, -0.25) is 4.79 Å². The predicted molar refractivity (Wildman–Crippen MR) is 76.2 cm³/mol. The zero-order valence-corrected chi connectivity index (χ0v) is 12.1. The summed E-state index contributed by atoms with van der Waals surface area (Å²) >= 11 is 13.3. The molecule has 1 saturated heterocycles. The molecule has 2 rings (SSSR count). The van der Waals surface area contributed by atoms with Crippen molar-refractivity contribution in [1.29, 1.82) is 0 Å². The van der Waals surface area contributed by atoms with E-state index in [2.05, 4.69) is 5.32 Å². The molecule has 0 radical (unpaired) electrons. The largest absolute Gasteiger partial charge is 0.479 e. The number of carboxylic acid groups (broad SMARTS) is 1. The molecule has 0 bridgehead atoms. The van der Waals surface area contributed by atoms with Crippen LogP contribution in [0, 0.1) is 0 Å². The van der Waals surface area contributed by atoms with E-state index >= 15 is 0 Å². The van der Waals surface area contributed by atoms with Gasteiger partial charge in [0.05, 0.1) is 15.6 Å². The van der Waals surface area contributed by atoms with Gasteiger partial charge in [0.2, 0.25) is 0 Å². The zero-order chi connectivity index (χ0) is 14.0. The molecule has 4 nitrogen and oxygen atoms in total. The number of carbonyl (C=O) groups excluding carboxylic acids is 1. The molecule has 0 aromatic heterocycles. The molecule has 19 heavy (non-hydrogen) atoms. The van der Waals surface area contributed by atoms with E-state index in [-0.39, 0.29) is 15.6 Å². The minimum Gasteiger partial charge on any atom is -0.479 e. The Balaban J connectivity index is 2.25. The Hall–Kier alpha value is -0.910. The van der Waals surface area contributed by atoms with Crippen molar-refractivity contribution in [3.05, 3.63) is 33.8 Å². The highest BCUT2D eigenvalue weighted by atomic mass is 35.5. The summed E-state index contributed by atoms with van der Waals surface area (Å²) in [5.41, 5.74) is -1.03. The SMILES string of the molecule is O=C(NC1(C(=O)O)CCSC1)c1cccc(Cl)c1Cl. The van der Waals surface area contributed by atoms with Crippen molar-refractivity contribution >= 4 is 46.8 Å². The number of carbonyl (C=O) groups is 2. The molecular formula is C12H11Cl2NO3S. The van der Waals surface area contributed by atoms with Gasteiger partial charge in [0.15, 0.2) is 0 Å². The topological polar surface area (TPSA) is 66.4 Å². The van der Waals surface area contributed by atoms with Gasteiger partial charge in [-0.05, 0) is 24.3 Å². The number of carboxylic acids is 1. The van der Waals surface area contributed by atoms with Gasteiger partial charge in [0.1, 0.15) is 5.54 Å². The molecule has 1 fully saturated rings. The van der Waals surface area contributed by atoms with Gasteiger partial charge in [0, 0.05) is 5.75 Å². The van der Waals surface area contributed by atoms with E-state index in [4.69, 9.17) is 23.2 Å². The van der Waals surface area contributed by atoms with Crippen LogP contribution in [0.2, 0.25) is 10.0 Å². The summed E-state index contributed by atoms with van der Waals surface area (Å²) in [5, 5.41) is 12.3. The molecule has 1 aliphatic heterocycles. The van der Waals surface area contributed by atoms with Gasteiger partial charge in [0.25, 0.3) is 5.91 Å². The molecular weight excluding hydrogens is 309 g/mol. The van der Waals surface area contributed by atoms with Crippen LogP contribution in [-0.2, 0) is 4.79 Å². The smallest absolute Gasteiger partial charge is 0.330 e. The lowest BCUT2D eigenvalue weighted by molar-refractivity contribution is -0.143. The Labute approximate surface area is 124 Å². The third-order valence-electron chi connectivity index (χ3n) is 2.98. The third-order valence-corrected chi connectivity index (χ3v) is 4.99. The highest BCUT2D eigenvalue weighted by Gasteiger charge is 2.43. The Morgan fingerprint density at radius 3 is 2.68 bits per heavy atom. The summed E-state index contributed by atoms with van der Waals surface area (Å²) in [6.45, 7) is 0. The van der Waals surface area contributed by atoms with Crippen LogP contribution < -0.4 is 5.32 Å². The molecule has 0 saturated carbocycles. The minimum atomic E-state index is -1.21. The van der Waals surface area contributed by atoms with Crippen LogP contribution in [0.25, 0.3) is 0 Å². The van der Waals surface area contributed by atoms with E-state index < -0.39 is 17.4 Å². The Bertz CT molecular complexity index is 530. The second-order valence-corrected chi connectivity index (χ2v) is 6.14. The molecule has 1 aliphatic rings. The number of hydrogen-bond donors (Lipinski definition) is 2. The third kappa shape index (κ3) is 2.83. The molecule has 2 N–H and O–H groups in total. The molecule has 1 unspecified atom stereocenters. The van der Waals surface area contributed by atoms with Crippen molar-refractivity contribution in [2.24, 2.45) is 0 Å². The van der Waals surface area contributed by atoms with Gasteiger partial charge in [-0.2, -0.15) is 11.8 Å². The van der Waals surface area contributed by atoms with E-state index in [1.807, 2.05) is 0 Å². The zero-order valence-electron chi connectivity index (χ0n) is 9.78. The van der Waals surface area contributed by atoms with E-state index in [1.54, 1.807) is 12.1 Å². The molecule has 0 aliphatic carbocycles. The van der Waals surface area contributed by atoms with Crippen molar-refractivity contribution in [2.45, 2.75) is 12.0 Å². The van der Waals surface area contributed by atoms with Crippen LogP contribution in [-0.4, -0.2) is 34.0 Å². The molecule has 1 heterocycles. The summed E-state index contributed by atoms with van der Waals surface area (Å²) in [7, 11) is 0. The number of hydrogen-bond acceptors (Lipinski definition) is 3. The summed E-state index contributed by atoms with van der Waals surface area (Å²) in [6.07, 6.45) is 0.400. The van der Waals surface area contributed by atoms with Crippen LogP contribution in [0.3, 0.4) is 0 Å². The normalized spacial score (nSPS) is 22.2. The maximum absolute atomic E-state index is 12.2. The number of halogens is 2. The number of nitrogens with one attached hydrogen (secondary N) is 1. The second-order valence-electron chi connectivity index (χ2n) is 4.25. The Kier molecular flexibility index (Phi) is 4.28. The number of amides is 1. The molecule has 1 atom stereocenters. The average molecular weight is 320 g/mol. The fraction of sp³-hybridized carbons (Fsp3) is 0.333. The first-order valence-corrected chi connectivity index (χ1v) is 7.45. The molecule has 1 amide bonds. The highest BCUT2D eigenvalue weighted by Crippen LogP contribution is 2.30. The maximum atomic E-state index is 12.2. The number of thioether (sulfide) groups is 1. The molecule has 0 spiro atoms. The first-order chi connectivity index (χ1) is 8.96. The maximum Gasteiger partial charge on any atom is 0.330 e. The van der Waals surface area contributed by atoms with Crippen molar-refractivity contribution < 1.29 is 14.7 Å². The van der Waals surface area contributed by atoms with Gasteiger partial charge < -0.3 is 10.4 Å². The number of aliphatic carboxylic acids is 1. The second kappa shape index (κ2) is 5.61. The van der Waals surface area contributed by atoms with Crippen molar-refractivity contribution in [3.8, 4) is 0 Å². The lowest BCUT2D eigenvalue weighted by atomic mass is 9.98. The minimum absolute atomic E-state index is 0.132. The fourth-order valence-corrected chi connectivity index (χ4v) is 3.56. The first kappa shape index (κ1) is 14.5. The quantitative estimate of drug-likeness (QED) is 0.899. The summed E-state index contributed by atoms with van der Waals surface area (Å²) in [5.74, 6) is -0.483. The fourth-order valence-electron chi connectivity index (χ4n) is 1.85. The first-order valence-electron chi connectivity index (χ1n) is 5.54. The number of rotatable bonds is 3. The van der Waals surface area contributed by atoms with Gasteiger partial charge in [-0.1, -0.05) is 29.3 Å².